The SMILES string of the molecule is Cc1nc(CN2CCC(C(=O)NCc3cccc(NC(=O)c4ccncc4)c3)CC2)cs1. The topological polar surface area (TPSA) is 87.2 Å². The Kier molecular flexibility index (Phi) is 7.24. The van der Waals surface area contributed by atoms with Gasteiger partial charge in [-0.2, -0.15) is 0 Å². The van der Waals surface area contributed by atoms with Gasteiger partial charge in [-0.15, -0.1) is 11.3 Å². The van der Waals surface area contributed by atoms with Crippen molar-refractivity contribution in [1.29, 1.82) is 0 Å². The van der Waals surface area contributed by atoms with Crippen LogP contribution in [0, 0.1) is 12.8 Å². The summed E-state index contributed by atoms with van der Waals surface area (Å²) in [6, 6.07) is 10.9. The van der Waals surface area contributed by atoms with Crippen molar-refractivity contribution in [3.05, 3.63) is 76.0 Å². The molecule has 1 saturated heterocycles. The lowest BCUT2D eigenvalue weighted by Gasteiger charge is -2.30. The number of likely N-dealkylation sites (tertiary alicyclic amines) is 1. The van der Waals surface area contributed by atoms with E-state index >= 15 is 0 Å². The number of nitrogens with one attached hydrogen (secondary N) is 2. The number of benzene rings is 1. The average Bonchev–Trinajstić information content (AvgIpc) is 3.23. The van der Waals surface area contributed by atoms with E-state index in [4.69, 9.17) is 0 Å². The van der Waals surface area contributed by atoms with Gasteiger partial charge in [0.2, 0.25) is 5.91 Å². The zero-order valence-electron chi connectivity index (χ0n) is 18.1. The molecule has 7 nitrogen and oxygen atoms in total. The first-order valence-corrected chi connectivity index (χ1v) is 11.7. The Morgan fingerprint density at radius 2 is 1.94 bits per heavy atom. The van der Waals surface area contributed by atoms with Crippen LogP contribution in [0.25, 0.3) is 0 Å². The van der Waals surface area contributed by atoms with Crippen LogP contribution in [0.5, 0.6) is 0 Å². The smallest absolute Gasteiger partial charge is 0.255 e. The Bertz CT molecular complexity index is 1060. The third-order valence-corrected chi connectivity index (χ3v) is 6.43. The fourth-order valence-electron chi connectivity index (χ4n) is 3.86. The van der Waals surface area contributed by atoms with Crippen molar-refractivity contribution in [2.45, 2.75) is 32.9 Å². The van der Waals surface area contributed by atoms with Gasteiger partial charge in [0, 0.05) is 48.0 Å². The van der Waals surface area contributed by atoms with E-state index < -0.39 is 0 Å². The monoisotopic (exact) mass is 449 g/mol. The zero-order chi connectivity index (χ0) is 22.3. The van der Waals surface area contributed by atoms with Gasteiger partial charge in [-0.05, 0) is 62.7 Å². The minimum absolute atomic E-state index is 0.0398. The molecule has 32 heavy (non-hydrogen) atoms. The quantitative estimate of drug-likeness (QED) is 0.575. The standard InChI is InChI=1S/C24H27N5O2S/c1-17-27-22(16-32-17)15-29-11-7-20(8-12-29)23(30)26-14-18-3-2-4-21(13-18)28-24(31)19-5-9-25-10-6-19/h2-6,9-10,13,16,20H,7-8,11-12,14-15H2,1H3,(H,26,30)(H,28,31). The number of carbonyl (C=O) groups excluding carboxylic acids is 2. The van der Waals surface area contributed by atoms with Crippen molar-refractivity contribution in [2.24, 2.45) is 5.92 Å². The number of aryl methyl sites for hydroxylation is 1. The highest BCUT2D eigenvalue weighted by molar-refractivity contribution is 7.09. The average molecular weight is 450 g/mol. The maximum absolute atomic E-state index is 12.7. The van der Waals surface area contributed by atoms with Crippen LogP contribution in [0.2, 0.25) is 0 Å². The fraction of sp³-hybridized carbons (Fsp3) is 0.333. The molecule has 3 aromatic rings. The third kappa shape index (κ3) is 5.99. The number of amides is 2. The maximum atomic E-state index is 12.7. The molecule has 8 heteroatoms. The second-order valence-electron chi connectivity index (χ2n) is 8.02. The lowest BCUT2D eigenvalue weighted by Crippen LogP contribution is -2.40. The van der Waals surface area contributed by atoms with E-state index in [2.05, 4.69) is 30.9 Å². The van der Waals surface area contributed by atoms with Gasteiger partial charge in [-0.3, -0.25) is 19.5 Å². The predicted molar refractivity (Wildman–Crippen MR) is 125 cm³/mol. The van der Waals surface area contributed by atoms with E-state index in [9.17, 15) is 9.59 Å². The van der Waals surface area contributed by atoms with Crippen LogP contribution in [0.3, 0.4) is 0 Å². The zero-order valence-corrected chi connectivity index (χ0v) is 18.9. The summed E-state index contributed by atoms with van der Waals surface area (Å²) in [7, 11) is 0. The van der Waals surface area contributed by atoms with Crippen LogP contribution in [-0.4, -0.2) is 39.8 Å². The highest BCUT2D eigenvalue weighted by atomic mass is 32.1. The van der Waals surface area contributed by atoms with Crippen LogP contribution in [0.1, 0.15) is 39.5 Å². The summed E-state index contributed by atoms with van der Waals surface area (Å²) in [5.74, 6) is -0.0495. The van der Waals surface area contributed by atoms with Crippen molar-refractivity contribution in [3.8, 4) is 0 Å². The molecule has 1 aliphatic rings. The number of hydrogen-bond donors (Lipinski definition) is 2. The lowest BCUT2D eigenvalue weighted by atomic mass is 9.95. The molecule has 1 aromatic carbocycles. The molecule has 2 aromatic heterocycles. The van der Waals surface area contributed by atoms with Crippen molar-refractivity contribution in [3.63, 3.8) is 0 Å². The van der Waals surface area contributed by atoms with E-state index in [0.717, 1.165) is 48.7 Å². The maximum Gasteiger partial charge on any atom is 0.255 e. The van der Waals surface area contributed by atoms with E-state index in [1.54, 1.807) is 35.9 Å². The summed E-state index contributed by atoms with van der Waals surface area (Å²) in [6.45, 7) is 5.14. The molecule has 2 N–H and O–H groups in total. The van der Waals surface area contributed by atoms with Crippen LogP contribution >= 0.6 is 11.3 Å². The Morgan fingerprint density at radius 3 is 2.66 bits per heavy atom. The van der Waals surface area contributed by atoms with Gasteiger partial charge in [0.1, 0.15) is 0 Å². The summed E-state index contributed by atoms with van der Waals surface area (Å²) in [6.07, 6.45) is 4.89. The first-order chi connectivity index (χ1) is 15.6. The molecule has 166 valence electrons. The second kappa shape index (κ2) is 10.5. The van der Waals surface area contributed by atoms with Gasteiger partial charge >= 0.3 is 0 Å². The van der Waals surface area contributed by atoms with Gasteiger partial charge in [-0.1, -0.05) is 12.1 Å². The molecule has 0 bridgehead atoms. The summed E-state index contributed by atoms with van der Waals surface area (Å²) >= 11 is 1.68. The van der Waals surface area contributed by atoms with Crippen molar-refractivity contribution < 1.29 is 9.59 Å². The summed E-state index contributed by atoms with van der Waals surface area (Å²) in [5, 5.41) is 9.15. The van der Waals surface area contributed by atoms with Crippen LogP contribution in [0.15, 0.2) is 54.2 Å². The molecular formula is C24H27N5O2S. The molecule has 0 radical (unpaired) electrons. The summed E-state index contributed by atoms with van der Waals surface area (Å²) in [5.41, 5.74) is 3.31. The molecule has 0 spiro atoms. The van der Waals surface area contributed by atoms with E-state index in [1.807, 2.05) is 31.2 Å². The number of thiazole rings is 1. The molecule has 2 amide bonds. The number of rotatable bonds is 7. The molecule has 0 saturated carbocycles. The van der Waals surface area contributed by atoms with Crippen molar-refractivity contribution >= 4 is 28.8 Å². The second-order valence-corrected chi connectivity index (χ2v) is 9.08. The lowest BCUT2D eigenvalue weighted by molar-refractivity contribution is -0.126. The Hall–Kier alpha value is -3.10. The fourth-order valence-corrected chi connectivity index (χ4v) is 4.47. The highest BCUT2D eigenvalue weighted by Crippen LogP contribution is 2.20. The third-order valence-electron chi connectivity index (χ3n) is 5.60. The van der Waals surface area contributed by atoms with Gasteiger partial charge < -0.3 is 10.6 Å². The molecule has 0 aliphatic carbocycles. The Morgan fingerprint density at radius 1 is 1.16 bits per heavy atom. The number of anilines is 1. The largest absolute Gasteiger partial charge is 0.352 e. The van der Waals surface area contributed by atoms with E-state index in [0.29, 0.717) is 17.8 Å². The molecule has 0 unspecified atom stereocenters. The van der Waals surface area contributed by atoms with E-state index in [1.165, 1.54) is 0 Å². The van der Waals surface area contributed by atoms with Gasteiger partial charge in [0.25, 0.3) is 5.91 Å². The summed E-state index contributed by atoms with van der Waals surface area (Å²) < 4.78 is 0. The van der Waals surface area contributed by atoms with Crippen LogP contribution in [0.4, 0.5) is 5.69 Å². The highest BCUT2D eigenvalue weighted by Gasteiger charge is 2.25. The first kappa shape index (κ1) is 22.1. The number of nitrogens with zero attached hydrogens (tertiary/aromatic N) is 3. The number of aromatic nitrogens is 2. The first-order valence-electron chi connectivity index (χ1n) is 10.8. The van der Waals surface area contributed by atoms with Crippen LogP contribution < -0.4 is 10.6 Å². The molecule has 1 aliphatic heterocycles. The Labute approximate surface area is 191 Å². The Balaban J connectivity index is 1.24. The minimum atomic E-state index is -0.187. The predicted octanol–water partition coefficient (Wildman–Crippen LogP) is 3.63. The van der Waals surface area contributed by atoms with E-state index in [-0.39, 0.29) is 17.7 Å². The number of pyridine rings is 1. The van der Waals surface area contributed by atoms with Gasteiger partial charge in [0.05, 0.1) is 10.7 Å². The van der Waals surface area contributed by atoms with Crippen LogP contribution in [-0.2, 0) is 17.9 Å². The molecule has 4 rings (SSSR count). The number of hydrogen-bond acceptors (Lipinski definition) is 6. The van der Waals surface area contributed by atoms with Crippen molar-refractivity contribution in [1.82, 2.24) is 20.2 Å². The molecular weight excluding hydrogens is 422 g/mol. The molecule has 0 atom stereocenters. The molecule has 1 fully saturated rings. The summed E-state index contributed by atoms with van der Waals surface area (Å²) in [4.78, 5) is 35.8. The van der Waals surface area contributed by atoms with Gasteiger partial charge in [-0.25, -0.2) is 4.98 Å². The minimum Gasteiger partial charge on any atom is -0.352 e. The number of piperidine rings is 1. The van der Waals surface area contributed by atoms with Crippen molar-refractivity contribution in [2.75, 3.05) is 18.4 Å². The number of carbonyl (C=O) groups is 2. The van der Waals surface area contributed by atoms with Gasteiger partial charge in [0.15, 0.2) is 0 Å². The molecule has 3 heterocycles. The normalized spacial score (nSPS) is 14.8.